The fourth-order valence-electron chi connectivity index (χ4n) is 1.53. The van der Waals surface area contributed by atoms with Gasteiger partial charge in [0.15, 0.2) is 17.5 Å². The number of nitrogen functional groups attached to an aromatic ring is 1. The second-order valence-electron chi connectivity index (χ2n) is 4.05. The van der Waals surface area contributed by atoms with Crippen molar-refractivity contribution in [1.29, 1.82) is 0 Å². The van der Waals surface area contributed by atoms with Crippen LogP contribution >= 0.6 is 0 Å². The molecule has 0 fully saturated rings. The molecule has 2 rings (SSSR count). The molecular weight excluding hydrogens is 271 g/mol. The third-order valence-corrected chi connectivity index (χ3v) is 2.65. The first-order valence-electron chi connectivity index (χ1n) is 5.58. The summed E-state index contributed by atoms with van der Waals surface area (Å²) in [5.41, 5.74) is 5.87. The van der Waals surface area contributed by atoms with Gasteiger partial charge in [-0.05, 0) is 31.2 Å². The molecule has 1 amide bonds. The Kier molecular flexibility index (Phi) is 3.60. The molecule has 0 aliphatic heterocycles. The number of aromatic nitrogens is 1. The predicted octanol–water partition coefficient (Wildman–Crippen LogP) is 2.64. The van der Waals surface area contributed by atoms with Gasteiger partial charge in [-0.15, -0.1) is 0 Å². The lowest BCUT2D eigenvalue weighted by atomic mass is 10.2. The first-order chi connectivity index (χ1) is 9.40. The van der Waals surface area contributed by atoms with Crippen LogP contribution in [0.15, 0.2) is 24.3 Å². The van der Waals surface area contributed by atoms with Crippen LogP contribution in [0.3, 0.4) is 0 Å². The number of halogens is 3. The molecule has 2 aromatic rings. The summed E-state index contributed by atoms with van der Waals surface area (Å²) in [6.45, 7) is 1.63. The van der Waals surface area contributed by atoms with Crippen molar-refractivity contribution in [2.24, 2.45) is 0 Å². The van der Waals surface area contributed by atoms with E-state index < -0.39 is 28.9 Å². The summed E-state index contributed by atoms with van der Waals surface area (Å²) in [4.78, 5) is 15.7. The number of amides is 1. The second kappa shape index (κ2) is 5.20. The minimum atomic E-state index is -1.70. The highest BCUT2D eigenvalue weighted by atomic mass is 19.2. The lowest BCUT2D eigenvalue weighted by Crippen LogP contribution is -2.16. The summed E-state index contributed by atoms with van der Waals surface area (Å²) in [5.74, 6) is -5.40. The van der Waals surface area contributed by atoms with Crippen LogP contribution in [0, 0.1) is 24.4 Å². The number of nitrogens with zero attached hydrogens (tertiary/aromatic N) is 1. The van der Waals surface area contributed by atoms with E-state index in [-0.39, 0.29) is 5.82 Å². The van der Waals surface area contributed by atoms with Crippen molar-refractivity contribution in [3.05, 3.63) is 53.0 Å². The Hall–Kier alpha value is -2.57. The fourth-order valence-corrected chi connectivity index (χ4v) is 1.53. The van der Waals surface area contributed by atoms with Gasteiger partial charge < -0.3 is 11.1 Å². The molecule has 1 aromatic carbocycles. The Morgan fingerprint density at radius 2 is 1.85 bits per heavy atom. The Labute approximate surface area is 112 Å². The monoisotopic (exact) mass is 281 g/mol. The quantitative estimate of drug-likeness (QED) is 0.831. The number of anilines is 2. The minimum absolute atomic E-state index is 0.130. The molecule has 0 aliphatic rings. The first kappa shape index (κ1) is 13.9. The van der Waals surface area contributed by atoms with Gasteiger partial charge in [0.2, 0.25) is 0 Å². The number of aryl methyl sites for hydroxylation is 1. The van der Waals surface area contributed by atoms with E-state index in [1.807, 2.05) is 0 Å². The van der Waals surface area contributed by atoms with Gasteiger partial charge in [-0.25, -0.2) is 18.2 Å². The molecule has 0 aliphatic carbocycles. The number of carbonyl (C=O) groups is 1. The Bertz CT molecular complexity index is 689. The van der Waals surface area contributed by atoms with Crippen LogP contribution in [0.4, 0.5) is 24.7 Å². The third-order valence-electron chi connectivity index (χ3n) is 2.65. The molecule has 0 atom stereocenters. The van der Waals surface area contributed by atoms with Crippen molar-refractivity contribution in [1.82, 2.24) is 4.98 Å². The lowest BCUT2D eigenvalue weighted by Gasteiger charge is -2.07. The highest BCUT2D eigenvalue weighted by Crippen LogP contribution is 2.17. The average molecular weight is 281 g/mol. The largest absolute Gasteiger partial charge is 0.397 e. The molecule has 20 heavy (non-hydrogen) atoms. The summed E-state index contributed by atoms with van der Waals surface area (Å²) in [7, 11) is 0. The Balaban J connectivity index is 2.28. The van der Waals surface area contributed by atoms with Crippen molar-refractivity contribution in [3.63, 3.8) is 0 Å². The molecular formula is C13H10F3N3O. The number of nitrogens with two attached hydrogens (primary N) is 1. The number of benzene rings is 1. The van der Waals surface area contributed by atoms with Gasteiger partial charge in [0.1, 0.15) is 5.82 Å². The van der Waals surface area contributed by atoms with Crippen LogP contribution in [0.2, 0.25) is 0 Å². The standard InChI is InChI=1S/C13H10F3N3O/c1-6-9(17)4-5-10(18-6)19-13(20)7-2-3-8(14)12(16)11(7)15/h2-5H,17H2,1H3,(H,18,19,20). The fraction of sp³-hybridized carbons (Fsp3) is 0.0769. The summed E-state index contributed by atoms with van der Waals surface area (Å²) >= 11 is 0. The van der Waals surface area contributed by atoms with Gasteiger partial charge in [-0.3, -0.25) is 4.79 Å². The second-order valence-corrected chi connectivity index (χ2v) is 4.05. The van der Waals surface area contributed by atoms with Gasteiger partial charge in [0.05, 0.1) is 16.9 Å². The summed E-state index contributed by atoms with van der Waals surface area (Å²) in [6, 6.07) is 4.46. The molecule has 4 nitrogen and oxygen atoms in total. The molecule has 0 unspecified atom stereocenters. The zero-order valence-electron chi connectivity index (χ0n) is 10.4. The van der Waals surface area contributed by atoms with Crippen LogP contribution in [0.1, 0.15) is 16.1 Å². The normalized spacial score (nSPS) is 10.4. The van der Waals surface area contributed by atoms with Gasteiger partial charge in [-0.1, -0.05) is 0 Å². The predicted molar refractivity (Wildman–Crippen MR) is 67.7 cm³/mol. The molecule has 1 heterocycles. The van der Waals surface area contributed by atoms with E-state index in [0.29, 0.717) is 17.4 Å². The molecule has 0 spiro atoms. The van der Waals surface area contributed by atoms with E-state index in [2.05, 4.69) is 10.3 Å². The Morgan fingerprint density at radius 1 is 1.15 bits per heavy atom. The zero-order valence-corrected chi connectivity index (χ0v) is 10.4. The molecule has 1 aromatic heterocycles. The van der Waals surface area contributed by atoms with Crippen molar-refractivity contribution in [2.75, 3.05) is 11.1 Å². The van der Waals surface area contributed by atoms with Crippen molar-refractivity contribution in [2.45, 2.75) is 6.92 Å². The molecule has 0 saturated carbocycles. The van der Waals surface area contributed by atoms with Crippen LogP contribution in [0.5, 0.6) is 0 Å². The van der Waals surface area contributed by atoms with Gasteiger partial charge in [0, 0.05) is 0 Å². The van der Waals surface area contributed by atoms with Crippen molar-refractivity contribution in [3.8, 4) is 0 Å². The third kappa shape index (κ3) is 2.56. The summed E-state index contributed by atoms with van der Waals surface area (Å²) < 4.78 is 39.3. The van der Waals surface area contributed by atoms with Gasteiger partial charge in [0.25, 0.3) is 5.91 Å². The van der Waals surface area contributed by atoms with E-state index in [1.54, 1.807) is 6.92 Å². The number of hydrogen-bond donors (Lipinski definition) is 2. The van der Waals surface area contributed by atoms with E-state index in [1.165, 1.54) is 12.1 Å². The minimum Gasteiger partial charge on any atom is -0.397 e. The first-order valence-corrected chi connectivity index (χ1v) is 5.58. The summed E-state index contributed by atoms with van der Waals surface area (Å²) in [6.07, 6.45) is 0. The maximum Gasteiger partial charge on any atom is 0.259 e. The highest BCUT2D eigenvalue weighted by Gasteiger charge is 2.19. The Morgan fingerprint density at radius 3 is 2.50 bits per heavy atom. The molecule has 0 bridgehead atoms. The number of nitrogens with one attached hydrogen (secondary N) is 1. The van der Waals surface area contributed by atoms with Gasteiger partial charge >= 0.3 is 0 Å². The lowest BCUT2D eigenvalue weighted by molar-refractivity contribution is 0.102. The molecule has 0 saturated heterocycles. The highest BCUT2D eigenvalue weighted by molar-refractivity contribution is 6.04. The van der Waals surface area contributed by atoms with Crippen molar-refractivity contribution >= 4 is 17.4 Å². The molecule has 3 N–H and O–H groups in total. The van der Waals surface area contributed by atoms with E-state index in [9.17, 15) is 18.0 Å². The number of carbonyl (C=O) groups excluding carboxylic acids is 1. The summed E-state index contributed by atoms with van der Waals surface area (Å²) in [5, 5.41) is 2.28. The van der Waals surface area contributed by atoms with Crippen LogP contribution < -0.4 is 11.1 Å². The maximum absolute atomic E-state index is 13.4. The number of pyridine rings is 1. The average Bonchev–Trinajstić information content (AvgIpc) is 2.40. The molecule has 0 radical (unpaired) electrons. The van der Waals surface area contributed by atoms with Crippen LogP contribution in [-0.2, 0) is 0 Å². The maximum atomic E-state index is 13.4. The number of rotatable bonds is 2. The zero-order chi connectivity index (χ0) is 14.9. The topological polar surface area (TPSA) is 68.0 Å². The number of hydrogen-bond acceptors (Lipinski definition) is 3. The van der Waals surface area contributed by atoms with Crippen molar-refractivity contribution < 1.29 is 18.0 Å². The smallest absolute Gasteiger partial charge is 0.259 e. The SMILES string of the molecule is Cc1nc(NC(=O)c2ccc(F)c(F)c2F)ccc1N. The molecule has 104 valence electrons. The van der Waals surface area contributed by atoms with E-state index >= 15 is 0 Å². The van der Waals surface area contributed by atoms with Gasteiger partial charge in [-0.2, -0.15) is 0 Å². The van der Waals surface area contributed by atoms with Crippen LogP contribution in [-0.4, -0.2) is 10.9 Å². The van der Waals surface area contributed by atoms with E-state index in [4.69, 9.17) is 5.73 Å². The van der Waals surface area contributed by atoms with E-state index in [0.717, 1.165) is 6.07 Å². The van der Waals surface area contributed by atoms with Crippen LogP contribution in [0.25, 0.3) is 0 Å². The molecule has 7 heteroatoms.